The van der Waals surface area contributed by atoms with Crippen LogP contribution < -0.4 is 10.1 Å². The second-order valence-corrected chi connectivity index (χ2v) is 7.06. The summed E-state index contributed by atoms with van der Waals surface area (Å²) < 4.78 is 43.4. The third-order valence-corrected chi connectivity index (χ3v) is 4.63. The smallest absolute Gasteiger partial charge is 0.416 e. The van der Waals surface area contributed by atoms with Gasteiger partial charge in [-0.15, -0.1) is 0 Å². The van der Waals surface area contributed by atoms with Gasteiger partial charge in [0.2, 0.25) is 0 Å². The van der Waals surface area contributed by atoms with Crippen molar-refractivity contribution < 1.29 is 17.9 Å². The Morgan fingerprint density at radius 1 is 0.750 bits per heavy atom. The van der Waals surface area contributed by atoms with E-state index in [0.29, 0.717) is 13.1 Å². The predicted molar refractivity (Wildman–Crippen MR) is 107 cm³/mol. The number of rotatable bonds is 12. The van der Waals surface area contributed by atoms with E-state index in [9.17, 15) is 13.2 Å². The molecule has 0 spiro atoms. The summed E-state index contributed by atoms with van der Waals surface area (Å²) in [6.45, 7) is 4.14. The van der Waals surface area contributed by atoms with E-state index in [-0.39, 0.29) is 0 Å². The van der Waals surface area contributed by atoms with Gasteiger partial charge in [-0.1, -0.05) is 63.3 Å². The van der Waals surface area contributed by atoms with Gasteiger partial charge < -0.3 is 10.1 Å². The monoisotopic (exact) mass is 393 g/mol. The zero-order valence-corrected chi connectivity index (χ0v) is 16.5. The van der Waals surface area contributed by atoms with Gasteiger partial charge in [-0.3, -0.25) is 0 Å². The summed E-state index contributed by atoms with van der Waals surface area (Å²) in [7, 11) is 0. The normalized spacial score (nSPS) is 11.6. The Morgan fingerprint density at radius 3 is 1.86 bits per heavy atom. The molecule has 2 nitrogen and oxygen atoms in total. The van der Waals surface area contributed by atoms with Crippen LogP contribution in [0.15, 0.2) is 48.5 Å². The van der Waals surface area contributed by atoms with Gasteiger partial charge in [0.1, 0.15) is 5.75 Å². The molecule has 0 aliphatic rings. The molecule has 0 bridgehead atoms. The van der Waals surface area contributed by atoms with Gasteiger partial charge in [0, 0.05) is 13.1 Å². The minimum atomic E-state index is -4.29. The molecule has 0 aliphatic heterocycles. The molecule has 0 fully saturated rings. The van der Waals surface area contributed by atoms with Crippen molar-refractivity contribution in [2.24, 2.45) is 0 Å². The van der Waals surface area contributed by atoms with Crippen LogP contribution in [0.25, 0.3) is 0 Å². The van der Waals surface area contributed by atoms with Crippen LogP contribution in [0.2, 0.25) is 0 Å². The van der Waals surface area contributed by atoms with Gasteiger partial charge >= 0.3 is 6.18 Å². The first-order valence-corrected chi connectivity index (χ1v) is 10.1. The van der Waals surface area contributed by atoms with Crippen molar-refractivity contribution in [3.05, 3.63) is 65.2 Å². The number of alkyl halides is 3. The zero-order valence-electron chi connectivity index (χ0n) is 16.5. The average molecular weight is 393 g/mol. The summed E-state index contributed by atoms with van der Waals surface area (Å²) in [6.07, 6.45) is 3.18. The van der Waals surface area contributed by atoms with Gasteiger partial charge in [-0.25, -0.2) is 0 Å². The van der Waals surface area contributed by atoms with E-state index >= 15 is 0 Å². The highest BCUT2D eigenvalue weighted by molar-refractivity contribution is 5.27. The lowest BCUT2D eigenvalue weighted by Crippen LogP contribution is -2.13. The topological polar surface area (TPSA) is 21.3 Å². The molecule has 0 radical (unpaired) electrons. The minimum absolute atomic E-state index is 0.522. The van der Waals surface area contributed by atoms with Crippen molar-refractivity contribution >= 4 is 0 Å². The summed E-state index contributed by atoms with van der Waals surface area (Å²) in [5.41, 5.74) is 1.32. The maximum absolute atomic E-state index is 12.6. The molecule has 0 aliphatic carbocycles. The SMILES string of the molecule is CCCCCCCCOc1ccc(CNCc2ccc(C(F)(F)F)cc2)cc1. The first-order chi connectivity index (χ1) is 13.5. The van der Waals surface area contributed by atoms with E-state index in [1.165, 1.54) is 44.2 Å². The van der Waals surface area contributed by atoms with Crippen molar-refractivity contribution in [2.45, 2.75) is 64.7 Å². The summed E-state index contributed by atoms with van der Waals surface area (Å²) in [5, 5.41) is 3.25. The van der Waals surface area contributed by atoms with E-state index in [4.69, 9.17) is 4.74 Å². The molecule has 5 heteroatoms. The molecule has 2 aromatic carbocycles. The third kappa shape index (κ3) is 8.34. The van der Waals surface area contributed by atoms with E-state index in [1.54, 1.807) is 0 Å². The molecular weight excluding hydrogens is 363 g/mol. The number of hydrogen-bond donors (Lipinski definition) is 1. The van der Waals surface area contributed by atoms with Gasteiger partial charge in [0.25, 0.3) is 0 Å². The van der Waals surface area contributed by atoms with E-state index in [1.807, 2.05) is 24.3 Å². The van der Waals surface area contributed by atoms with Crippen molar-refractivity contribution in [1.82, 2.24) is 5.32 Å². The van der Waals surface area contributed by atoms with Crippen LogP contribution in [-0.4, -0.2) is 6.61 Å². The van der Waals surface area contributed by atoms with Crippen LogP contribution in [0.1, 0.15) is 62.1 Å². The van der Waals surface area contributed by atoms with E-state index in [2.05, 4.69) is 12.2 Å². The molecule has 0 heterocycles. The Kier molecular flexibility index (Phi) is 9.35. The molecule has 28 heavy (non-hydrogen) atoms. The number of ether oxygens (including phenoxy) is 1. The summed E-state index contributed by atoms with van der Waals surface area (Å²) in [5.74, 6) is 0.875. The standard InChI is InChI=1S/C23H30F3NO/c1-2-3-4-5-6-7-16-28-22-14-10-20(11-15-22)18-27-17-19-8-12-21(13-9-19)23(24,25)26/h8-15,27H,2-7,16-18H2,1H3. The number of unbranched alkanes of at least 4 members (excludes halogenated alkanes) is 5. The second kappa shape index (κ2) is 11.7. The van der Waals surface area contributed by atoms with Gasteiger partial charge in [-0.2, -0.15) is 13.2 Å². The Hall–Kier alpha value is -2.01. The van der Waals surface area contributed by atoms with Crippen LogP contribution in [0.5, 0.6) is 5.75 Å². The van der Waals surface area contributed by atoms with Gasteiger partial charge in [0.05, 0.1) is 12.2 Å². The fraction of sp³-hybridized carbons (Fsp3) is 0.478. The van der Waals surface area contributed by atoms with Crippen molar-refractivity contribution in [1.29, 1.82) is 0 Å². The number of halogens is 3. The highest BCUT2D eigenvalue weighted by atomic mass is 19.4. The molecule has 0 saturated heterocycles. The molecule has 0 saturated carbocycles. The fourth-order valence-corrected chi connectivity index (χ4v) is 2.94. The lowest BCUT2D eigenvalue weighted by Gasteiger charge is -2.09. The third-order valence-electron chi connectivity index (χ3n) is 4.63. The first kappa shape index (κ1) is 22.3. The van der Waals surface area contributed by atoms with Crippen molar-refractivity contribution in [3.8, 4) is 5.75 Å². The van der Waals surface area contributed by atoms with Crippen molar-refractivity contribution in [2.75, 3.05) is 6.61 Å². The second-order valence-electron chi connectivity index (χ2n) is 7.06. The molecule has 2 aromatic rings. The van der Waals surface area contributed by atoms with Gasteiger partial charge in [0.15, 0.2) is 0 Å². The Balaban J connectivity index is 1.64. The minimum Gasteiger partial charge on any atom is -0.494 e. The number of benzene rings is 2. The van der Waals surface area contributed by atoms with Crippen LogP contribution in [0.3, 0.4) is 0 Å². The molecule has 1 N–H and O–H groups in total. The molecule has 0 amide bonds. The highest BCUT2D eigenvalue weighted by Gasteiger charge is 2.29. The predicted octanol–water partition coefficient (Wildman–Crippen LogP) is 6.73. The van der Waals surface area contributed by atoms with Crippen LogP contribution in [0.4, 0.5) is 13.2 Å². The largest absolute Gasteiger partial charge is 0.494 e. The molecular formula is C23H30F3NO. The average Bonchev–Trinajstić information content (AvgIpc) is 2.68. The summed E-state index contributed by atoms with van der Waals surface area (Å²) in [6, 6.07) is 13.2. The lowest BCUT2D eigenvalue weighted by atomic mass is 10.1. The van der Waals surface area contributed by atoms with E-state index < -0.39 is 11.7 Å². The number of nitrogens with one attached hydrogen (secondary N) is 1. The Bertz CT molecular complexity index is 666. The zero-order chi connectivity index (χ0) is 20.2. The fourth-order valence-electron chi connectivity index (χ4n) is 2.94. The first-order valence-electron chi connectivity index (χ1n) is 10.1. The quantitative estimate of drug-likeness (QED) is 0.404. The maximum atomic E-state index is 12.6. The lowest BCUT2D eigenvalue weighted by molar-refractivity contribution is -0.137. The molecule has 0 unspecified atom stereocenters. The molecule has 2 rings (SSSR count). The van der Waals surface area contributed by atoms with Gasteiger partial charge in [-0.05, 0) is 41.8 Å². The molecule has 0 aromatic heterocycles. The van der Waals surface area contributed by atoms with E-state index in [0.717, 1.165) is 42.0 Å². The number of hydrogen-bond acceptors (Lipinski definition) is 2. The van der Waals surface area contributed by atoms with Crippen LogP contribution in [0, 0.1) is 0 Å². The van der Waals surface area contributed by atoms with Crippen molar-refractivity contribution in [3.63, 3.8) is 0 Å². The Labute approximate surface area is 166 Å². The Morgan fingerprint density at radius 2 is 1.29 bits per heavy atom. The summed E-state index contributed by atoms with van der Waals surface area (Å²) >= 11 is 0. The highest BCUT2D eigenvalue weighted by Crippen LogP contribution is 2.29. The van der Waals surface area contributed by atoms with Crippen LogP contribution in [-0.2, 0) is 19.3 Å². The maximum Gasteiger partial charge on any atom is 0.416 e. The van der Waals surface area contributed by atoms with Crippen LogP contribution >= 0.6 is 0 Å². The molecule has 154 valence electrons. The summed E-state index contributed by atoms with van der Waals surface area (Å²) in [4.78, 5) is 0. The molecule has 0 atom stereocenters.